The number of ether oxygens (including phenoxy) is 1. The zero-order chi connectivity index (χ0) is 17.5. The molecule has 0 bridgehead atoms. The number of carboxylic acid groups (broad SMARTS) is 1. The van der Waals surface area contributed by atoms with Gasteiger partial charge in [-0.25, -0.2) is 9.18 Å². The lowest BCUT2D eigenvalue weighted by molar-refractivity contribution is -0.139. The van der Waals surface area contributed by atoms with E-state index in [2.05, 4.69) is 10.6 Å². The van der Waals surface area contributed by atoms with Crippen LogP contribution in [0.3, 0.4) is 0 Å². The molecule has 24 heavy (non-hydrogen) atoms. The summed E-state index contributed by atoms with van der Waals surface area (Å²) >= 11 is 0. The molecule has 2 aromatic carbocycles. The summed E-state index contributed by atoms with van der Waals surface area (Å²) in [5, 5.41) is 13.1. The van der Waals surface area contributed by atoms with E-state index in [0.29, 0.717) is 5.69 Å². The lowest BCUT2D eigenvalue weighted by atomic mass is 10.2. The van der Waals surface area contributed by atoms with Crippen LogP contribution in [0, 0.1) is 5.82 Å². The van der Waals surface area contributed by atoms with Gasteiger partial charge < -0.3 is 20.5 Å². The van der Waals surface area contributed by atoms with Gasteiger partial charge in [-0.1, -0.05) is 18.2 Å². The molecule has 0 fully saturated rings. The smallest absolute Gasteiger partial charge is 0.341 e. The van der Waals surface area contributed by atoms with Crippen LogP contribution in [0.25, 0.3) is 0 Å². The van der Waals surface area contributed by atoms with Crippen LogP contribution < -0.4 is 15.4 Å². The van der Waals surface area contributed by atoms with Crippen LogP contribution in [0.4, 0.5) is 15.8 Å². The Morgan fingerprint density at radius 2 is 1.58 bits per heavy atom. The number of rotatable bonds is 5. The number of nitrogens with one attached hydrogen (secondary N) is 2. The molecule has 3 N–H and O–H groups in total. The minimum atomic E-state index is -1.25. The number of hydrogen-bond donors (Lipinski definition) is 3. The molecule has 0 saturated heterocycles. The minimum absolute atomic E-state index is 0.0309. The van der Waals surface area contributed by atoms with Crippen molar-refractivity contribution in [1.82, 2.24) is 0 Å². The van der Waals surface area contributed by atoms with Gasteiger partial charge in [-0.05, 0) is 24.3 Å². The number of hydrogen-bond acceptors (Lipinski definition) is 4. The van der Waals surface area contributed by atoms with Crippen LogP contribution in [0.2, 0.25) is 0 Å². The number of carbonyl (C=O) groups is 3. The highest BCUT2D eigenvalue weighted by Gasteiger charge is 2.15. The van der Waals surface area contributed by atoms with E-state index in [9.17, 15) is 18.8 Å². The highest BCUT2D eigenvalue weighted by Crippen LogP contribution is 2.21. The molecule has 2 aromatic rings. The molecular weight excluding hydrogens is 319 g/mol. The second-order valence-electron chi connectivity index (χ2n) is 4.60. The first-order chi connectivity index (χ1) is 11.5. The molecular formula is C16H13FN2O5. The lowest BCUT2D eigenvalue weighted by Crippen LogP contribution is -2.29. The third kappa shape index (κ3) is 4.80. The van der Waals surface area contributed by atoms with Crippen molar-refractivity contribution < 1.29 is 28.6 Å². The van der Waals surface area contributed by atoms with Crippen LogP contribution in [0.15, 0.2) is 48.5 Å². The number of amides is 2. The molecule has 0 saturated carbocycles. The number of aliphatic carboxylic acids is 1. The van der Waals surface area contributed by atoms with Crippen molar-refractivity contribution in [3.63, 3.8) is 0 Å². The molecule has 2 rings (SSSR count). The van der Waals surface area contributed by atoms with Crippen molar-refractivity contribution in [2.45, 2.75) is 0 Å². The molecule has 0 heterocycles. The number of para-hydroxylation sites is 1. The number of anilines is 2. The Bertz CT molecular complexity index is 764. The molecule has 0 radical (unpaired) electrons. The molecule has 7 nitrogen and oxygen atoms in total. The van der Waals surface area contributed by atoms with Crippen molar-refractivity contribution in [3.05, 3.63) is 54.3 Å². The van der Waals surface area contributed by atoms with Crippen LogP contribution in [0.1, 0.15) is 0 Å². The Balaban J connectivity index is 1.97. The van der Waals surface area contributed by atoms with Gasteiger partial charge in [0.25, 0.3) is 0 Å². The third-order valence-corrected chi connectivity index (χ3v) is 2.78. The van der Waals surface area contributed by atoms with Gasteiger partial charge >= 0.3 is 17.8 Å². The van der Waals surface area contributed by atoms with Crippen LogP contribution in [0.5, 0.6) is 5.75 Å². The maximum Gasteiger partial charge on any atom is 0.341 e. The molecule has 0 spiro atoms. The highest BCUT2D eigenvalue weighted by molar-refractivity contribution is 6.43. The fourth-order valence-corrected chi connectivity index (χ4v) is 1.73. The number of carbonyl (C=O) groups excluding carboxylic acids is 2. The van der Waals surface area contributed by atoms with Gasteiger partial charge in [0.1, 0.15) is 0 Å². The predicted molar refractivity (Wildman–Crippen MR) is 83.2 cm³/mol. The van der Waals surface area contributed by atoms with Crippen molar-refractivity contribution in [1.29, 1.82) is 0 Å². The van der Waals surface area contributed by atoms with Crippen molar-refractivity contribution in [3.8, 4) is 5.75 Å². The van der Waals surface area contributed by atoms with Gasteiger partial charge in [0.15, 0.2) is 18.2 Å². The Hall–Kier alpha value is -3.42. The zero-order valence-electron chi connectivity index (χ0n) is 12.3. The molecule has 0 aliphatic heterocycles. The van der Waals surface area contributed by atoms with E-state index in [1.165, 1.54) is 6.07 Å². The predicted octanol–water partition coefficient (Wildman–Crippen LogP) is 1.87. The maximum absolute atomic E-state index is 13.7. The average molecular weight is 332 g/mol. The van der Waals surface area contributed by atoms with E-state index >= 15 is 0 Å². The summed E-state index contributed by atoms with van der Waals surface area (Å²) in [5.41, 5.74) is 0.477. The largest absolute Gasteiger partial charge is 0.479 e. The standard InChI is InChI=1S/C16H13FN2O5/c17-12-8-11(6-7-13(12)24-9-14(20)21)19-16(23)15(22)18-10-4-2-1-3-5-10/h1-8H,9H2,(H,18,22)(H,19,23)(H,20,21). The van der Waals surface area contributed by atoms with E-state index < -0.39 is 30.2 Å². The molecule has 0 unspecified atom stereocenters. The van der Waals surface area contributed by atoms with Gasteiger partial charge in [-0.15, -0.1) is 0 Å². The monoisotopic (exact) mass is 332 g/mol. The zero-order valence-corrected chi connectivity index (χ0v) is 12.3. The quantitative estimate of drug-likeness (QED) is 0.725. The first kappa shape index (κ1) is 16.9. The summed E-state index contributed by atoms with van der Waals surface area (Å²) in [7, 11) is 0. The average Bonchev–Trinajstić information content (AvgIpc) is 2.54. The van der Waals surface area contributed by atoms with Crippen LogP contribution >= 0.6 is 0 Å². The minimum Gasteiger partial charge on any atom is -0.479 e. The fourth-order valence-electron chi connectivity index (χ4n) is 1.73. The summed E-state index contributed by atoms with van der Waals surface area (Å²) < 4.78 is 18.4. The molecule has 2 amide bonds. The Morgan fingerprint density at radius 1 is 0.958 bits per heavy atom. The summed E-state index contributed by atoms with van der Waals surface area (Å²) in [4.78, 5) is 33.9. The molecule has 0 atom stereocenters. The molecule has 0 aromatic heterocycles. The van der Waals surface area contributed by atoms with Crippen molar-refractivity contribution in [2.24, 2.45) is 0 Å². The van der Waals surface area contributed by atoms with Gasteiger partial charge in [0, 0.05) is 17.4 Å². The van der Waals surface area contributed by atoms with Gasteiger partial charge in [0.2, 0.25) is 0 Å². The lowest BCUT2D eigenvalue weighted by Gasteiger charge is -2.09. The topological polar surface area (TPSA) is 105 Å². The van der Waals surface area contributed by atoms with Crippen LogP contribution in [-0.4, -0.2) is 29.5 Å². The molecule has 8 heteroatoms. The Kier molecular flexibility index (Phi) is 5.45. The SMILES string of the molecule is O=C(O)COc1ccc(NC(=O)C(=O)Nc2ccccc2)cc1F. The Morgan fingerprint density at radius 3 is 2.17 bits per heavy atom. The van der Waals surface area contributed by atoms with Crippen LogP contribution in [-0.2, 0) is 14.4 Å². The number of benzene rings is 2. The van der Waals surface area contributed by atoms with E-state index in [1.54, 1.807) is 30.3 Å². The summed E-state index contributed by atoms with van der Waals surface area (Å²) in [6.45, 7) is -0.692. The maximum atomic E-state index is 13.7. The first-order valence-electron chi connectivity index (χ1n) is 6.77. The van der Waals surface area contributed by atoms with Crippen molar-refractivity contribution >= 4 is 29.2 Å². The second-order valence-corrected chi connectivity index (χ2v) is 4.60. The summed E-state index contributed by atoms with van der Waals surface area (Å²) in [5.74, 6) is -4.27. The Labute approximate surface area is 136 Å². The molecule has 0 aliphatic carbocycles. The van der Waals surface area contributed by atoms with E-state index in [4.69, 9.17) is 9.84 Å². The first-order valence-corrected chi connectivity index (χ1v) is 6.77. The van der Waals surface area contributed by atoms with Gasteiger partial charge in [-0.3, -0.25) is 9.59 Å². The summed E-state index contributed by atoms with van der Waals surface area (Å²) in [6, 6.07) is 11.7. The van der Waals surface area contributed by atoms with Crippen molar-refractivity contribution in [2.75, 3.05) is 17.2 Å². The van der Waals surface area contributed by atoms with E-state index in [1.807, 2.05) is 0 Å². The van der Waals surface area contributed by atoms with Gasteiger partial charge in [-0.2, -0.15) is 0 Å². The van der Waals surface area contributed by atoms with E-state index in [0.717, 1.165) is 12.1 Å². The van der Waals surface area contributed by atoms with Gasteiger partial charge in [0.05, 0.1) is 0 Å². The fraction of sp³-hybridized carbons (Fsp3) is 0.0625. The normalized spacial score (nSPS) is 9.88. The number of carboxylic acids is 1. The highest BCUT2D eigenvalue weighted by atomic mass is 19.1. The summed E-state index contributed by atoms with van der Waals surface area (Å²) in [6.07, 6.45) is 0. The second kappa shape index (κ2) is 7.73. The molecule has 124 valence electrons. The van der Waals surface area contributed by atoms with E-state index in [-0.39, 0.29) is 11.4 Å². The third-order valence-electron chi connectivity index (χ3n) is 2.78. The number of halogens is 1. The molecule has 0 aliphatic rings.